The van der Waals surface area contributed by atoms with Gasteiger partial charge in [-0.15, -0.1) is 0 Å². The highest BCUT2D eigenvalue weighted by molar-refractivity contribution is 7.99. The maximum atomic E-state index is 13.1. The molecule has 1 saturated heterocycles. The predicted molar refractivity (Wildman–Crippen MR) is 117 cm³/mol. The monoisotopic (exact) mass is 423 g/mol. The van der Waals surface area contributed by atoms with E-state index in [2.05, 4.69) is 27.1 Å². The van der Waals surface area contributed by atoms with Gasteiger partial charge in [-0.1, -0.05) is 36.9 Å². The van der Waals surface area contributed by atoms with Gasteiger partial charge in [0.25, 0.3) is 5.56 Å². The fraction of sp³-hybridized carbons (Fsp3) is 0.684. The van der Waals surface area contributed by atoms with Gasteiger partial charge in [0.2, 0.25) is 5.91 Å². The molecule has 1 amide bonds. The summed E-state index contributed by atoms with van der Waals surface area (Å²) in [5.41, 5.74) is 0.454. The van der Waals surface area contributed by atoms with Crippen LogP contribution >= 0.6 is 23.1 Å². The van der Waals surface area contributed by atoms with Crippen molar-refractivity contribution in [1.29, 1.82) is 0 Å². The molecule has 3 rings (SSSR count). The van der Waals surface area contributed by atoms with E-state index in [1.54, 1.807) is 4.57 Å². The lowest BCUT2D eigenvalue weighted by Crippen LogP contribution is -2.32. The van der Waals surface area contributed by atoms with Gasteiger partial charge in [-0.2, -0.15) is 4.98 Å². The lowest BCUT2D eigenvalue weighted by Gasteiger charge is -2.29. The van der Waals surface area contributed by atoms with E-state index in [9.17, 15) is 9.59 Å². The second-order valence-corrected chi connectivity index (χ2v) is 9.60. The first-order valence-corrected chi connectivity index (χ1v) is 11.8. The van der Waals surface area contributed by atoms with Gasteiger partial charge in [-0.25, -0.2) is 4.98 Å². The van der Waals surface area contributed by atoms with E-state index in [0.717, 1.165) is 43.4 Å². The Morgan fingerprint density at radius 3 is 2.68 bits per heavy atom. The van der Waals surface area contributed by atoms with Crippen LogP contribution in [-0.4, -0.2) is 45.3 Å². The zero-order valence-electron chi connectivity index (χ0n) is 17.0. The molecule has 2 aromatic rings. The molecule has 0 saturated carbocycles. The number of carbonyl (C=O) groups excluding carboxylic acids is 1. The first kappa shape index (κ1) is 21.1. The molecule has 0 aliphatic carbocycles. The van der Waals surface area contributed by atoms with Crippen LogP contribution in [0.25, 0.3) is 10.3 Å². The molecule has 3 heterocycles. The summed E-state index contributed by atoms with van der Waals surface area (Å²) >= 11 is 2.75. The van der Waals surface area contributed by atoms with Crippen molar-refractivity contribution < 1.29 is 4.79 Å². The number of hydrogen-bond donors (Lipinski definition) is 1. The third-order valence-electron chi connectivity index (χ3n) is 4.75. The van der Waals surface area contributed by atoms with Crippen LogP contribution in [0.5, 0.6) is 0 Å². The molecule has 0 aromatic carbocycles. The molecule has 2 aromatic heterocycles. The molecule has 1 fully saturated rings. The molecule has 1 aliphatic heterocycles. The fourth-order valence-electron chi connectivity index (χ4n) is 3.24. The standard InChI is InChI=1S/C19H29N5O2S2/c1-5-8-24-17(26)15-16(22-19(24)27-11-14(25)20-12(2)3)21-18(28-15)23-9-6-13(4)7-10-23/h12-13H,5-11H2,1-4H3,(H,20,25). The highest BCUT2D eigenvalue weighted by atomic mass is 32.2. The first-order valence-electron chi connectivity index (χ1n) is 9.97. The highest BCUT2D eigenvalue weighted by Gasteiger charge is 2.22. The molecule has 28 heavy (non-hydrogen) atoms. The number of nitrogens with one attached hydrogen (secondary N) is 1. The van der Waals surface area contributed by atoms with Crippen LogP contribution in [0, 0.1) is 5.92 Å². The van der Waals surface area contributed by atoms with Gasteiger partial charge in [0.1, 0.15) is 4.70 Å². The number of fused-ring (bicyclic) bond motifs is 1. The van der Waals surface area contributed by atoms with Crippen molar-refractivity contribution in [3.63, 3.8) is 0 Å². The molecular formula is C19H29N5O2S2. The molecule has 0 bridgehead atoms. The van der Waals surface area contributed by atoms with E-state index in [4.69, 9.17) is 0 Å². The van der Waals surface area contributed by atoms with Crippen molar-refractivity contribution in [1.82, 2.24) is 19.9 Å². The molecule has 0 unspecified atom stereocenters. The molecule has 9 heteroatoms. The Labute approximate surface area is 173 Å². The van der Waals surface area contributed by atoms with Crippen molar-refractivity contribution in [2.45, 2.75) is 64.7 Å². The van der Waals surface area contributed by atoms with Gasteiger partial charge in [-0.05, 0) is 39.0 Å². The zero-order chi connectivity index (χ0) is 20.3. The van der Waals surface area contributed by atoms with E-state index < -0.39 is 0 Å². The summed E-state index contributed by atoms with van der Waals surface area (Å²) < 4.78 is 2.30. The Morgan fingerprint density at radius 2 is 2.04 bits per heavy atom. The van der Waals surface area contributed by atoms with Crippen LogP contribution in [0.1, 0.15) is 47.0 Å². The van der Waals surface area contributed by atoms with Crippen LogP contribution in [0.4, 0.5) is 5.13 Å². The maximum absolute atomic E-state index is 13.1. The SMILES string of the molecule is CCCn1c(SCC(=O)NC(C)C)nc2nc(N3CCC(C)CC3)sc2c1=O. The number of thioether (sulfide) groups is 1. The summed E-state index contributed by atoms with van der Waals surface area (Å²) in [5, 5.41) is 4.33. The summed E-state index contributed by atoms with van der Waals surface area (Å²) in [6, 6.07) is 0.0923. The number of hydrogen-bond acceptors (Lipinski definition) is 7. The number of rotatable bonds is 7. The number of nitrogens with zero attached hydrogens (tertiary/aromatic N) is 4. The predicted octanol–water partition coefficient (Wildman–Crippen LogP) is 3.12. The van der Waals surface area contributed by atoms with Crippen LogP contribution in [-0.2, 0) is 11.3 Å². The van der Waals surface area contributed by atoms with Crippen LogP contribution < -0.4 is 15.8 Å². The summed E-state index contributed by atoms with van der Waals surface area (Å²) in [7, 11) is 0. The third kappa shape index (κ3) is 4.86. The van der Waals surface area contributed by atoms with Gasteiger partial charge in [0.05, 0.1) is 5.75 Å². The molecular weight excluding hydrogens is 394 g/mol. The molecule has 1 aliphatic rings. The van der Waals surface area contributed by atoms with Gasteiger partial charge in [0.15, 0.2) is 15.9 Å². The van der Waals surface area contributed by atoms with Gasteiger partial charge < -0.3 is 10.2 Å². The summed E-state index contributed by atoms with van der Waals surface area (Å²) in [5.74, 6) is 0.922. The topological polar surface area (TPSA) is 80.1 Å². The average Bonchev–Trinajstić information content (AvgIpc) is 3.07. The highest BCUT2D eigenvalue weighted by Crippen LogP contribution is 2.30. The summed E-state index contributed by atoms with van der Waals surface area (Å²) in [4.78, 5) is 36.7. The summed E-state index contributed by atoms with van der Waals surface area (Å²) in [6.07, 6.45) is 3.12. The number of anilines is 1. The molecule has 0 atom stereocenters. The van der Waals surface area contributed by atoms with E-state index in [1.165, 1.54) is 23.1 Å². The van der Waals surface area contributed by atoms with E-state index >= 15 is 0 Å². The smallest absolute Gasteiger partial charge is 0.273 e. The molecule has 1 N–H and O–H groups in total. The van der Waals surface area contributed by atoms with Crippen LogP contribution in [0.15, 0.2) is 9.95 Å². The number of amides is 1. The Morgan fingerprint density at radius 1 is 1.32 bits per heavy atom. The van der Waals surface area contributed by atoms with E-state index in [1.807, 2.05) is 20.8 Å². The molecule has 0 spiro atoms. The molecule has 7 nitrogen and oxygen atoms in total. The second-order valence-electron chi connectivity index (χ2n) is 7.68. The van der Waals surface area contributed by atoms with Crippen molar-refractivity contribution in [2.75, 3.05) is 23.7 Å². The maximum Gasteiger partial charge on any atom is 0.273 e. The third-order valence-corrected chi connectivity index (χ3v) is 6.82. The first-order chi connectivity index (χ1) is 13.4. The minimum Gasteiger partial charge on any atom is -0.353 e. The normalized spacial score (nSPS) is 15.5. The van der Waals surface area contributed by atoms with Crippen molar-refractivity contribution >= 4 is 44.5 Å². The molecule has 0 radical (unpaired) electrons. The zero-order valence-corrected chi connectivity index (χ0v) is 18.7. The Balaban J connectivity index is 1.89. The molecule has 154 valence electrons. The largest absolute Gasteiger partial charge is 0.353 e. The average molecular weight is 424 g/mol. The van der Waals surface area contributed by atoms with Crippen molar-refractivity contribution in [2.24, 2.45) is 5.92 Å². The Bertz CT molecular complexity index is 884. The quantitative estimate of drug-likeness (QED) is 0.544. The lowest BCUT2D eigenvalue weighted by atomic mass is 10.00. The van der Waals surface area contributed by atoms with E-state index in [-0.39, 0.29) is 23.3 Å². The minimum absolute atomic E-state index is 0.0484. The van der Waals surface area contributed by atoms with Crippen molar-refractivity contribution in [3.8, 4) is 0 Å². The van der Waals surface area contributed by atoms with Crippen LogP contribution in [0.3, 0.4) is 0 Å². The van der Waals surface area contributed by atoms with Gasteiger partial charge in [0, 0.05) is 25.7 Å². The summed E-state index contributed by atoms with van der Waals surface area (Å²) in [6.45, 7) is 10.7. The second kappa shape index (κ2) is 9.26. The van der Waals surface area contributed by atoms with E-state index in [0.29, 0.717) is 22.0 Å². The van der Waals surface area contributed by atoms with Crippen LogP contribution in [0.2, 0.25) is 0 Å². The van der Waals surface area contributed by atoms with Crippen molar-refractivity contribution in [3.05, 3.63) is 10.4 Å². The Kier molecular flexibility index (Phi) is 6.98. The lowest BCUT2D eigenvalue weighted by molar-refractivity contribution is -0.119. The Hall–Kier alpha value is -1.61. The number of carbonyl (C=O) groups is 1. The number of thiazole rings is 1. The van der Waals surface area contributed by atoms with Gasteiger partial charge in [-0.3, -0.25) is 14.2 Å². The van der Waals surface area contributed by atoms with Gasteiger partial charge >= 0.3 is 0 Å². The number of piperidine rings is 1. The number of aromatic nitrogens is 3. The fourth-order valence-corrected chi connectivity index (χ4v) is 5.07. The minimum atomic E-state index is -0.0567.